The number of aliphatic hydroxyl groups excluding tert-OH is 1. The number of fused-ring (bicyclic) bond motifs is 1. The molecule has 1 unspecified atom stereocenters. The number of aromatic nitrogens is 3. The number of pyridine rings is 2. The van der Waals surface area contributed by atoms with E-state index in [4.69, 9.17) is 4.74 Å². The lowest BCUT2D eigenvalue weighted by molar-refractivity contribution is -0.140. The van der Waals surface area contributed by atoms with E-state index in [0.29, 0.717) is 26.9 Å². The fourth-order valence-corrected chi connectivity index (χ4v) is 5.12. The van der Waals surface area contributed by atoms with Gasteiger partial charge >= 0.3 is 0 Å². The fourth-order valence-electron chi connectivity index (χ4n) is 4.66. The van der Waals surface area contributed by atoms with Gasteiger partial charge in [-0.3, -0.25) is 14.6 Å². The number of carbonyl (C=O) groups excluding carboxylic acids is 2. The number of phenols is 1. The van der Waals surface area contributed by atoms with Crippen LogP contribution in [0.15, 0.2) is 65.0 Å². The summed E-state index contributed by atoms with van der Waals surface area (Å²) in [6.45, 7) is 3.76. The van der Waals surface area contributed by atoms with Crippen LogP contribution in [-0.4, -0.2) is 48.3 Å². The number of rotatable bonds is 5. The van der Waals surface area contributed by atoms with Gasteiger partial charge in [0.05, 0.1) is 28.9 Å². The van der Waals surface area contributed by atoms with Crippen LogP contribution in [0.1, 0.15) is 34.1 Å². The number of aliphatic hydroxyl groups is 1. The van der Waals surface area contributed by atoms with Crippen LogP contribution in [-0.2, 0) is 16.1 Å². The lowest BCUT2D eigenvalue weighted by atomic mass is 9.95. The van der Waals surface area contributed by atoms with Crippen LogP contribution >= 0.6 is 15.9 Å². The smallest absolute Gasteiger partial charge is 0.295 e. The Bertz CT molecular complexity index is 1600. The summed E-state index contributed by atoms with van der Waals surface area (Å²) in [5, 5.41) is 21.9. The monoisotopic (exact) mass is 562 g/mol. The second-order valence-corrected chi connectivity index (χ2v) is 9.63. The Morgan fingerprint density at radius 1 is 1.19 bits per heavy atom. The number of ether oxygens (including phenoxy) is 1. The Hall–Kier alpha value is -4.18. The molecule has 4 heterocycles. The van der Waals surface area contributed by atoms with Crippen molar-refractivity contribution in [1.82, 2.24) is 19.3 Å². The lowest BCUT2D eigenvalue weighted by Gasteiger charge is -2.26. The summed E-state index contributed by atoms with van der Waals surface area (Å²) in [5.74, 6) is -1.95. The molecule has 0 bridgehead atoms. The second-order valence-electron chi connectivity index (χ2n) is 8.77. The van der Waals surface area contributed by atoms with E-state index in [1.54, 1.807) is 43.6 Å². The predicted molar refractivity (Wildman–Crippen MR) is 139 cm³/mol. The SMILES string of the molecule is COc1cc(C2/C(=C(\O)c3nc4c(C)cccn4c3C)C(=O)C(=O)N2Cc2cccnc2)cc(Br)c1O. The van der Waals surface area contributed by atoms with Crippen LogP contribution in [0.5, 0.6) is 11.5 Å². The molecule has 0 spiro atoms. The summed E-state index contributed by atoms with van der Waals surface area (Å²) in [6.07, 6.45) is 5.05. The molecule has 1 amide bonds. The van der Waals surface area contributed by atoms with Crippen LogP contribution in [0, 0.1) is 13.8 Å². The number of halogens is 1. The van der Waals surface area contributed by atoms with Gasteiger partial charge in [-0.25, -0.2) is 4.98 Å². The summed E-state index contributed by atoms with van der Waals surface area (Å²) in [4.78, 5) is 36.9. The maximum absolute atomic E-state index is 13.5. The van der Waals surface area contributed by atoms with E-state index in [2.05, 4.69) is 25.9 Å². The Morgan fingerprint density at radius 2 is 1.97 bits per heavy atom. The number of hydrogen-bond acceptors (Lipinski definition) is 7. The average Bonchev–Trinajstić information content (AvgIpc) is 3.36. The molecule has 0 saturated carbocycles. The van der Waals surface area contributed by atoms with Crippen molar-refractivity contribution in [3.63, 3.8) is 0 Å². The zero-order valence-corrected chi connectivity index (χ0v) is 21.9. The molecule has 37 heavy (non-hydrogen) atoms. The van der Waals surface area contributed by atoms with Crippen molar-refractivity contribution in [3.05, 3.63) is 93.1 Å². The number of ketones is 1. The minimum atomic E-state index is -0.976. The number of Topliss-reactive ketones (excluding diaryl/α,β-unsaturated/α-hetero) is 1. The maximum atomic E-state index is 13.5. The number of amides is 1. The Balaban J connectivity index is 1.75. The minimum Gasteiger partial charge on any atom is -0.505 e. The molecule has 1 aromatic carbocycles. The van der Waals surface area contributed by atoms with Gasteiger partial charge in [0.15, 0.2) is 17.3 Å². The fraction of sp³-hybridized carbons (Fsp3) is 0.185. The molecular weight excluding hydrogens is 540 g/mol. The largest absolute Gasteiger partial charge is 0.505 e. The van der Waals surface area contributed by atoms with Crippen molar-refractivity contribution in [2.24, 2.45) is 0 Å². The number of benzene rings is 1. The molecule has 0 radical (unpaired) electrons. The molecule has 5 rings (SSSR count). The number of carbonyl (C=O) groups is 2. The summed E-state index contributed by atoms with van der Waals surface area (Å²) >= 11 is 3.32. The zero-order chi connectivity index (χ0) is 26.4. The minimum absolute atomic E-state index is 0.0733. The van der Waals surface area contributed by atoms with Gasteiger partial charge in [0.1, 0.15) is 11.3 Å². The summed E-state index contributed by atoms with van der Waals surface area (Å²) in [7, 11) is 1.40. The van der Waals surface area contributed by atoms with Crippen molar-refractivity contribution >= 4 is 39.0 Å². The van der Waals surface area contributed by atoms with Crippen molar-refractivity contribution in [3.8, 4) is 11.5 Å². The molecule has 3 aromatic heterocycles. The topological polar surface area (TPSA) is 117 Å². The number of aromatic hydroxyl groups is 1. The number of phenolic OH excluding ortho intramolecular Hbond substituents is 1. The molecule has 10 heteroatoms. The maximum Gasteiger partial charge on any atom is 0.295 e. The Morgan fingerprint density at radius 3 is 2.65 bits per heavy atom. The van der Waals surface area contributed by atoms with Gasteiger partial charge in [0, 0.05) is 25.1 Å². The zero-order valence-electron chi connectivity index (χ0n) is 20.3. The van der Waals surface area contributed by atoms with Crippen molar-refractivity contribution in [2.45, 2.75) is 26.4 Å². The molecule has 1 fully saturated rings. The van der Waals surface area contributed by atoms with Crippen LogP contribution in [0.4, 0.5) is 0 Å². The van der Waals surface area contributed by atoms with E-state index >= 15 is 0 Å². The van der Waals surface area contributed by atoms with Gasteiger partial charge in [-0.2, -0.15) is 0 Å². The first-order chi connectivity index (χ1) is 17.7. The number of aryl methyl sites for hydroxylation is 2. The Kier molecular flexibility index (Phi) is 6.20. The second kappa shape index (κ2) is 9.36. The molecule has 1 atom stereocenters. The van der Waals surface area contributed by atoms with Crippen LogP contribution in [0.25, 0.3) is 11.4 Å². The molecule has 9 nitrogen and oxygen atoms in total. The van der Waals surface area contributed by atoms with Crippen molar-refractivity contribution in [1.29, 1.82) is 0 Å². The molecule has 1 aliphatic heterocycles. The van der Waals surface area contributed by atoms with Gasteiger partial charge in [-0.15, -0.1) is 0 Å². The predicted octanol–water partition coefficient (Wildman–Crippen LogP) is 4.44. The highest BCUT2D eigenvalue weighted by Gasteiger charge is 2.47. The first-order valence-corrected chi connectivity index (χ1v) is 12.2. The number of imidazole rings is 1. The molecule has 0 aliphatic carbocycles. The summed E-state index contributed by atoms with van der Waals surface area (Å²) < 4.78 is 7.45. The van der Waals surface area contributed by atoms with Gasteiger partial charge in [0.2, 0.25) is 0 Å². The summed E-state index contributed by atoms with van der Waals surface area (Å²) in [5.41, 5.74) is 3.43. The highest BCUT2D eigenvalue weighted by Crippen LogP contribution is 2.45. The van der Waals surface area contributed by atoms with Crippen molar-refractivity contribution < 1.29 is 24.5 Å². The first kappa shape index (κ1) is 24.5. The molecule has 2 N–H and O–H groups in total. The highest BCUT2D eigenvalue weighted by atomic mass is 79.9. The van der Waals surface area contributed by atoms with Gasteiger partial charge < -0.3 is 24.3 Å². The lowest BCUT2D eigenvalue weighted by Crippen LogP contribution is -2.29. The average molecular weight is 563 g/mol. The molecule has 188 valence electrons. The molecule has 1 saturated heterocycles. The number of hydrogen-bond donors (Lipinski definition) is 2. The molecule has 4 aromatic rings. The number of methoxy groups -OCH3 is 1. The quantitative estimate of drug-likeness (QED) is 0.209. The van der Waals surface area contributed by atoms with E-state index in [9.17, 15) is 19.8 Å². The number of likely N-dealkylation sites (tertiary alicyclic amines) is 1. The highest BCUT2D eigenvalue weighted by molar-refractivity contribution is 9.10. The van der Waals surface area contributed by atoms with Gasteiger partial charge in [0.25, 0.3) is 11.7 Å². The van der Waals surface area contributed by atoms with E-state index < -0.39 is 17.7 Å². The third-order valence-electron chi connectivity index (χ3n) is 6.51. The van der Waals surface area contributed by atoms with Crippen LogP contribution < -0.4 is 4.74 Å². The first-order valence-electron chi connectivity index (χ1n) is 11.4. The molecular formula is C27H23BrN4O5. The van der Waals surface area contributed by atoms with Gasteiger partial charge in [-0.05, 0) is 70.7 Å². The van der Waals surface area contributed by atoms with E-state index in [0.717, 1.165) is 5.56 Å². The van der Waals surface area contributed by atoms with E-state index in [-0.39, 0.29) is 35.1 Å². The van der Waals surface area contributed by atoms with Crippen molar-refractivity contribution in [2.75, 3.05) is 7.11 Å². The van der Waals surface area contributed by atoms with E-state index in [1.165, 1.54) is 12.0 Å². The van der Waals surface area contributed by atoms with Gasteiger partial charge in [-0.1, -0.05) is 12.1 Å². The summed E-state index contributed by atoms with van der Waals surface area (Å²) in [6, 6.07) is 9.47. The number of nitrogens with zero attached hydrogens (tertiary/aromatic N) is 4. The third kappa shape index (κ3) is 4.03. The van der Waals surface area contributed by atoms with Crippen LogP contribution in [0.3, 0.4) is 0 Å². The normalized spacial score (nSPS) is 17.1. The van der Waals surface area contributed by atoms with E-state index in [1.807, 2.05) is 29.7 Å². The third-order valence-corrected chi connectivity index (χ3v) is 7.11. The van der Waals surface area contributed by atoms with Crippen LogP contribution in [0.2, 0.25) is 0 Å². The molecule has 1 aliphatic rings. The Labute approximate surface area is 220 Å². The standard InChI is InChI=1S/C27H23BrN4O5/c1-14-6-5-9-31-15(2)21(30-26(14)31)24(34)20-22(17-10-18(28)23(33)19(11-17)37-3)32(27(36)25(20)35)13-16-7-4-8-29-12-16/h4-12,22,33-34H,13H2,1-3H3/b24-20+.